The number of rotatable bonds is 6. The highest BCUT2D eigenvalue weighted by Crippen LogP contribution is 2.21. The van der Waals surface area contributed by atoms with Crippen molar-refractivity contribution in [2.45, 2.75) is 46.3 Å². The zero-order chi connectivity index (χ0) is 16.9. The highest BCUT2D eigenvalue weighted by Gasteiger charge is 2.09. The van der Waals surface area contributed by atoms with E-state index in [0.717, 1.165) is 24.3 Å². The van der Waals surface area contributed by atoms with E-state index in [1.165, 1.54) is 11.1 Å². The molecule has 2 rings (SSSR count). The predicted octanol–water partition coefficient (Wildman–Crippen LogP) is 4.21. The van der Waals surface area contributed by atoms with Gasteiger partial charge < -0.3 is 15.2 Å². The summed E-state index contributed by atoms with van der Waals surface area (Å²) in [6.07, 6.45) is 0.926. The molecular formula is C20H27NO2. The molecule has 0 saturated carbocycles. The lowest BCUT2D eigenvalue weighted by Gasteiger charge is -2.20. The Kier molecular flexibility index (Phi) is 5.67. The maximum absolute atomic E-state index is 10.0. The topological polar surface area (TPSA) is 41.5 Å². The van der Waals surface area contributed by atoms with E-state index in [1.807, 2.05) is 43.3 Å². The Balaban J connectivity index is 1.95. The van der Waals surface area contributed by atoms with Crippen molar-refractivity contribution in [1.29, 1.82) is 0 Å². The zero-order valence-corrected chi connectivity index (χ0v) is 14.5. The van der Waals surface area contributed by atoms with Crippen LogP contribution in [0.3, 0.4) is 0 Å². The zero-order valence-electron chi connectivity index (χ0n) is 14.5. The van der Waals surface area contributed by atoms with Crippen molar-refractivity contribution in [3.63, 3.8) is 0 Å². The highest BCUT2D eigenvalue weighted by atomic mass is 16.5. The minimum absolute atomic E-state index is 0.119. The standard InChI is InChI=1S/C20H27NO2/c1-15-5-8-18(9-6-15)23-14-17-13-16(7-10-19(17)22)11-12-21-20(2,3)4/h5-10,13,21-22H,11-12,14H2,1-4H3. The van der Waals surface area contributed by atoms with E-state index in [4.69, 9.17) is 4.74 Å². The second-order valence-electron chi connectivity index (χ2n) is 6.99. The first-order valence-electron chi connectivity index (χ1n) is 8.09. The van der Waals surface area contributed by atoms with Gasteiger partial charge in [-0.05, 0) is 70.5 Å². The molecule has 0 spiro atoms. The number of hydrogen-bond donors (Lipinski definition) is 2. The van der Waals surface area contributed by atoms with Crippen molar-refractivity contribution in [3.05, 3.63) is 59.2 Å². The Morgan fingerprint density at radius 3 is 2.39 bits per heavy atom. The summed E-state index contributed by atoms with van der Waals surface area (Å²) >= 11 is 0. The van der Waals surface area contributed by atoms with Gasteiger partial charge in [-0.25, -0.2) is 0 Å². The SMILES string of the molecule is Cc1ccc(OCc2cc(CCNC(C)(C)C)ccc2O)cc1. The Bertz CT molecular complexity index is 627. The quantitative estimate of drug-likeness (QED) is 0.839. The lowest BCUT2D eigenvalue weighted by Crippen LogP contribution is -2.37. The first-order chi connectivity index (χ1) is 10.8. The number of benzene rings is 2. The molecule has 23 heavy (non-hydrogen) atoms. The summed E-state index contributed by atoms with van der Waals surface area (Å²) in [4.78, 5) is 0. The lowest BCUT2D eigenvalue weighted by atomic mass is 10.1. The van der Waals surface area contributed by atoms with E-state index < -0.39 is 0 Å². The van der Waals surface area contributed by atoms with E-state index in [9.17, 15) is 5.11 Å². The van der Waals surface area contributed by atoms with Gasteiger partial charge in [0.25, 0.3) is 0 Å². The molecule has 0 atom stereocenters. The van der Waals surface area contributed by atoms with Gasteiger partial charge in [-0.3, -0.25) is 0 Å². The van der Waals surface area contributed by atoms with E-state index in [-0.39, 0.29) is 11.3 Å². The molecule has 0 bridgehead atoms. The fourth-order valence-electron chi connectivity index (χ4n) is 2.29. The van der Waals surface area contributed by atoms with E-state index in [2.05, 4.69) is 26.1 Å². The summed E-state index contributed by atoms with van der Waals surface area (Å²) in [6.45, 7) is 9.80. The van der Waals surface area contributed by atoms with Crippen LogP contribution >= 0.6 is 0 Å². The number of aromatic hydroxyl groups is 1. The van der Waals surface area contributed by atoms with Crippen LogP contribution in [0.25, 0.3) is 0 Å². The average molecular weight is 313 g/mol. The van der Waals surface area contributed by atoms with Crippen molar-refractivity contribution in [3.8, 4) is 11.5 Å². The van der Waals surface area contributed by atoms with E-state index in [0.29, 0.717) is 6.61 Å². The predicted molar refractivity (Wildman–Crippen MR) is 95.1 cm³/mol. The van der Waals surface area contributed by atoms with Crippen LogP contribution in [0.1, 0.15) is 37.5 Å². The molecule has 2 N–H and O–H groups in total. The number of phenolic OH excluding ortho intramolecular Hbond substituents is 1. The van der Waals surface area contributed by atoms with Crippen molar-refractivity contribution in [1.82, 2.24) is 5.32 Å². The number of nitrogens with one attached hydrogen (secondary N) is 1. The van der Waals surface area contributed by atoms with E-state index in [1.54, 1.807) is 6.07 Å². The molecule has 3 heteroatoms. The summed E-state index contributed by atoms with van der Waals surface area (Å²) in [5.41, 5.74) is 3.34. The second-order valence-corrected chi connectivity index (χ2v) is 6.99. The van der Waals surface area contributed by atoms with Crippen LogP contribution in [0.5, 0.6) is 11.5 Å². The van der Waals surface area contributed by atoms with Crippen LogP contribution < -0.4 is 10.1 Å². The highest BCUT2D eigenvalue weighted by molar-refractivity contribution is 5.36. The molecule has 0 aliphatic rings. The monoisotopic (exact) mass is 313 g/mol. The fraction of sp³-hybridized carbons (Fsp3) is 0.400. The lowest BCUT2D eigenvalue weighted by molar-refractivity contribution is 0.299. The summed E-state index contributed by atoms with van der Waals surface area (Å²) in [5.74, 6) is 1.10. The Morgan fingerprint density at radius 2 is 1.74 bits per heavy atom. The Labute approximate surface area is 139 Å². The molecule has 0 aromatic heterocycles. The van der Waals surface area contributed by atoms with Gasteiger partial charge in [-0.1, -0.05) is 23.8 Å². The first-order valence-corrected chi connectivity index (χ1v) is 8.09. The molecular weight excluding hydrogens is 286 g/mol. The summed E-state index contributed by atoms with van der Waals surface area (Å²) in [7, 11) is 0. The molecule has 3 nitrogen and oxygen atoms in total. The van der Waals surface area contributed by atoms with Crippen molar-refractivity contribution >= 4 is 0 Å². The van der Waals surface area contributed by atoms with Gasteiger partial charge >= 0.3 is 0 Å². The molecule has 0 saturated heterocycles. The van der Waals surface area contributed by atoms with E-state index >= 15 is 0 Å². The normalized spacial score (nSPS) is 11.5. The third-order valence-corrected chi connectivity index (χ3v) is 3.63. The van der Waals surface area contributed by atoms with Crippen LogP contribution in [0.4, 0.5) is 0 Å². The van der Waals surface area contributed by atoms with Gasteiger partial charge in [0.05, 0.1) is 0 Å². The molecule has 2 aromatic rings. The van der Waals surface area contributed by atoms with Gasteiger partial charge in [-0.2, -0.15) is 0 Å². The van der Waals surface area contributed by atoms with Gasteiger partial charge in [0.15, 0.2) is 0 Å². The van der Waals surface area contributed by atoms with Crippen LogP contribution in [0, 0.1) is 6.92 Å². The minimum Gasteiger partial charge on any atom is -0.508 e. The molecule has 0 aliphatic carbocycles. The smallest absolute Gasteiger partial charge is 0.122 e. The fourth-order valence-corrected chi connectivity index (χ4v) is 2.29. The second kappa shape index (κ2) is 7.51. The third-order valence-electron chi connectivity index (χ3n) is 3.63. The van der Waals surface area contributed by atoms with Gasteiger partial charge in [0.1, 0.15) is 18.1 Å². The largest absolute Gasteiger partial charge is 0.508 e. The van der Waals surface area contributed by atoms with Gasteiger partial charge in [0.2, 0.25) is 0 Å². The molecule has 0 heterocycles. The molecule has 0 amide bonds. The van der Waals surface area contributed by atoms with Crippen LogP contribution in [-0.4, -0.2) is 17.2 Å². The van der Waals surface area contributed by atoms with Crippen molar-refractivity contribution in [2.75, 3.05) is 6.54 Å². The maximum atomic E-state index is 10.0. The average Bonchev–Trinajstić information content (AvgIpc) is 2.48. The Morgan fingerprint density at radius 1 is 1.04 bits per heavy atom. The first kappa shape index (κ1) is 17.4. The third kappa shape index (κ3) is 5.95. The molecule has 2 aromatic carbocycles. The minimum atomic E-state index is 0.119. The summed E-state index contributed by atoms with van der Waals surface area (Å²) in [6, 6.07) is 13.7. The molecule has 0 aliphatic heterocycles. The van der Waals surface area contributed by atoms with Crippen molar-refractivity contribution < 1.29 is 9.84 Å². The summed E-state index contributed by atoms with van der Waals surface area (Å²) < 4.78 is 5.77. The number of aryl methyl sites for hydroxylation is 1. The Hall–Kier alpha value is -2.00. The van der Waals surface area contributed by atoms with Crippen molar-refractivity contribution in [2.24, 2.45) is 0 Å². The van der Waals surface area contributed by atoms with Crippen LogP contribution in [-0.2, 0) is 13.0 Å². The number of ether oxygens (including phenoxy) is 1. The molecule has 124 valence electrons. The molecule has 0 radical (unpaired) electrons. The van der Waals surface area contributed by atoms with Crippen LogP contribution in [0.2, 0.25) is 0 Å². The van der Waals surface area contributed by atoms with Gasteiger partial charge in [-0.15, -0.1) is 0 Å². The molecule has 0 fully saturated rings. The number of phenols is 1. The van der Waals surface area contributed by atoms with Crippen LogP contribution in [0.15, 0.2) is 42.5 Å². The molecule has 0 unspecified atom stereocenters. The van der Waals surface area contributed by atoms with Gasteiger partial charge in [0, 0.05) is 11.1 Å². The summed E-state index contributed by atoms with van der Waals surface area (Å²) in [5, 5.41) is 13.5. The maximum Gasteiger partial charge on any atom is 0.122 e. The number of hydrogen-bond acceptors (Lipinski definition) is 3.